The zero-order chi connectivity index (χ0) is 46.2. The van der Waals surface area contributed by atoms with Gasteiger partial charge in [-0.05, 0) is 85.7 Å². The third-order valence-corrected chi connectivity index (χ3v) is 15.3. The van der Waals surface area contributed by atoms with Crippen LogP contribution in [0.1, 0.15) is 71.9 Å². The van der Waals surface area contributed by atoms with E-state index in [2.05, 4.69) is 35.7 Å². The molecule has 0 radical (unpaired) electrons. The number of aryl methyl sites for hydroxylation is 1. The number of fused-ring (bicyclic) bond motifs is 2. The molecule has 16 nitrogen and oxygen atoms in total. The van der Waals surface area contributed by atoms with Crippen molar-refractivity contribution < 1.29 is 33.5 Å². The van der Waals surface area contributed by atoms with Gasteiger partial charge in [0.15, 0.2) is 11.2 Å². The summed E-state index contributed by atoms with van der Waals surface area (Å²) in [6.07, 6.45) is 6.52. The molecule has 4 saturated heterocycles. The molecule has 0 saturated carbocycles. The Kier molecular flexibility index (Phi) is 10.8. The number of carbonyl (C=O) groups excluding carboxylic acids is 5. The zero-order valence-corrected chi connectivity index (χ0v) is 38.0. The van der Waals surface area contributed by atoms with Crippen molar-refractivity contribution in [2.45, 2.75) is 75.7 Å². The fraction of sp³-hybridized carbons (Fsp3) is 0.396. The Hall–Kier alpha value is -6.37. The standard InChI is InChI=1S/C48H48ClFN10O6S/c49-34-20-30(53-36-8-10-39(61)54-43(36)63)5-9-37(34)56-15-11-48(66,12-16-56)21-40(62)59-25-47(26-59)23-58(24-47)31-6-3-28(4-7-31)29-18-32-33(35(50)19-29)22-60(45(32)65)42(44(64)55-46-51-13-17-67-46)41-38-2-1-14-57(38)27-52-41/h3-7,9,13,17-20,27,36,42,53,66H,1-2,8,10-12,14-16,21-26H2,(H,51,55,64)(H,54,61,63)/t36-,42?/m1/s1. The van der Waals surface area contributed by atoms with Crippen molar-refractivity contribution in [2.75, 3.05) is 59.7 Å². The first-order valence-corrected chi connectivity index (χ1v) is 23.9. The van der Waals surface area contributed by atoms with Crippen LogP contribution in [0.4, 0.5) is 26.6 Å². The number of likely N-dealkylation sites (tertiary alicyclic amines) is 1. The lowest BCUT2D eigenvalue weighted by atomic mass is 9.72. The van der Waals surface area contributed by atoms with Crippen LogP contribution in [-0.2, 0) is 38.7 Å². The third kappa shape index (κ3) is 8.07. The largest absolute Gasteiger partial charge is 0.389 e. The molecular formula is C48H48ClFN10O6S. The second-order valence-corrected chi connectivity index (χ2v) is 20.2. The first-order chi connectivity index (χ1) is 32.3. The van der Waals surface area contributed by atoms with Crippen molar-refractivity contribution in [1.82, 2.24) is 29.7 Å². The fourth-order valence-corrected chi connectivity index (χ4v) is 11.6. The second kappa shape index (κ2) is 16.7. The Morgan fingerprint density at radius 2 is 1.75 bits per heavy atom. The molecule has 11 rings (SSSR count). The van der Waals surface area contributed by atoms with Crippen LogP contribution in [0, 0.1) is 11.2 Å². The molecule has 2 atom stereocenters. The number of hydrogen-bond donors (Lipinski definition) is 4. The number of benzene rings is 3. The normalized spacial score (nSPS) is 20.8. The Morgan fingerprint density at radius 3 is 2.48 bits per heavy atom. The minimum atomic E-state index is -1.11. The number of piperidine rings is 2. The summed E-state index contributed by atoms with van der Waals surface area (Å²) >= 11 is 7.95. The minimum absolute atomic E-state index is 0.00264. The number of nitrogens with zero attached hydrogens (tertiary/aromatic N) is 7. The number of anilines is 4. The molecule has 6 aliphatic heterocycles. The number of imide groups is 1. The molecule has 0 bridgehead atoms. The van der Waals surface area contributed by atoms with Crippen LogP contribution in [0.25, 0.3) is 11.1 Å². The number of rotatable bonds is 11. The highest BCUT2D eigenvalue weighted by atomic mass is 35.5. The Labute approximate surface area is 394 Å². The van der Waals surface area contributed by atoms with Gasteiger partial charge in [0.2, 0.25) is 17.7 Å². The van der Waals surface area contributed by atoms with Gasteiger partial charge in [0, 0.05) is 97.4 Å². The van der Waals surface area contributed by atoms with E-state index in [9.17, 15) is 29.1 Å². The monoisotopic (exact) mass is 946 g/mol. The number of nitrogens with one attached hydrogen (secondary N) is 3. The van der Waals surface area contributed by atoms with Crippen LogP contribution in [0.5, 0.6) is 0 Å². The Morgan fingerprint density at radius 1 is 0.955 bits per heavy atom. The highest BCUT2D eigenvalue weighted by molar-refractivity contribution is 7.13. The van der Waals surface area contributed by atoms with Crippen LogP contribution in [-0.4, -0.2) is 110 Å². The fourth-order valence-electron chi connectivity index (χ4n) is 10.7. The van der Waals surface area contributed by atoms with Crippen LogP contribution in [0.15, 0.2) is 72.5 Å². The second-order valence-electron chi connectivity index (χ2n) is 18.9. The van der Waals surface area contributed by atoms with E-state index in [0.717, 1.165) is 55.1 Å². The quantitative estimate of drug-likeness (QED) is 0.125. The predicted octanol–water partition coefficient (Wildman–Crippen LogP) is 5.37. The maximum atomic E-state index is 16.0. The van der Waals surface area contributed by atoms with Gasteiger partial charge in [0.05, 0.1) is 41.3 Å². The summed E-state index contributed by atoms with van der Waals surface area (Å²) in [7, 11) is 0. The summed E-state index contributed by atoms with van der Waals surface area (Å²) in [5, 5.41) is 22.5. The van der Waals surface area contributed by atoms with Crippen molar-refractivity contribution in [3.63, 3.8) is 0 Å². The lowest BCUT2D eigenvalue weighted by molar-refractivity contribution is -0.151. The number of thiazole rings is 1. The molecule has 19 heteroatoms. The van der Waals surface area contributed by atoms with Crippen LogP contribution in [0.3, 0.4) is 0 Å². The molecule has 5 amide bonds. The Bertz CT molecular complexity index is 2820. The van der Waals surface area contributed by atoms with Gasteiger partial charge >= 0.3 is 0 Å². The average Bonchev–Trinajstić information content (AvgIpc) is 4.10. The molecule has 5 aromatic rings. The summed E-state index contributed by atoms with van der Waals surface area (Å²) < 4.78 is 18.0. The van der Waals surface area contributed by atoms with Crippen molar-refractivity contribution in [1.29, 1.82) is 0 Å². The third-order valence-electron chi connectivity index (χ3n) is 14.4. The SMILES string of the molecule is O=C1CC[C@@H](Nc2ccc(N3CCC(O)(CC(=O)N4CC5(C4)CN(c4ccc(-c6cc(F)c7c(c6)C(=O)N(C(C(=O)Nc6nccs6)c6ncn8c6CCC8)C7)cc4)C5)CC3)c(Cl)c2)C(=O)N1. The minimum Gasteiger partial charge on any atom is -0.389 e. The lowest BCUT2D eigenvalue weighted by Gasteiger charge is -2.61. The number of amides is 5. The van der Waals surface area contributed by atoms with Gasteiger partial charge in [-0.2, -0.15) is 0 Å². The maximum Gasteiger partial charge on any atom is 0.255 e. The molecule has 346 valence electrons. The molecule has 8 heterocycles. The smallest absolute Gasteiger partial charge is 0.255 e. The van der Waals surface area contributed by atoms with Crippen LogP contribution < -0.4 is 25.8 Å². The topological polar surface area (TPSA) is 185 Å². The first-order valence-electron chi connectivity index (χ1n) is 22.7. The molecular weight excluding hydrogens is 899 g/mol. The van der Waals surface area contributed by atoms with Gasteiger partial charge in [-0.15, -0.1) is 11.3 Å². The van der Waals surface area contributed by atoms with E-state index in [1.165, 1.54) is 22.3 Å². The summed E-state index contributed by atoms with van der Waals surface area (Å²) in [6.45, 7) is 4.62. The van der Waals surface area contributed by atoms with Gasteiger partial charge < -0.3 is 34.6 Å². The molecule has 6 aliphatic rings. The number of imidazole rings is 1. The van der Waals surface area contributed by atoms with E-state index in [0.29, 0.717) is 72.5 Å². The van der Waals surface area contributed by atoms with E-state index in [1.807, 2.05) is 45.9 Å². The molecule has 0 aliphatic carbocycles. The van der Waals surface area contributed by atoms with Crippen molar-refractivity contribution in [2.24, 2.45) is 5.41 Å². The van der Waals surface area contributed by atoms with Crippen LogP contribution >= 0.6 is 22.9 Å². The summed E-state index contributed by atoms with van der Waals surface area (Å²) in [5.74, 6) is -2.07. The van der Waals surface area contributed by atoms with Gasteiger partial charge in [-0.25, -0.2) is 14.4 Å². The van der Waals surface area contributed by atoms with E-state index < -0.39 is 35.3 Å². The van der Waals surface area contributed by atoms with Gasteiger partial charge in [-0.1, -0.05) is 23.7 Å². The molecule has 4 N–H and O–H groups in total. The van der Waals surface area contributed by atoms with Gasteiger partial charge in [-0.3, -0.25) is 34.6 Å². The maximum absolute atomic E-state index is 16.0. The predicted molar refractivity (Wildman–Crippen MR) is 249 cm³/mol. The van der Waals surface area contributed by atoms with Crippen molar-refractivity contribution in [3.8, 4) is 11.1 Å². The number of aliphatic hydroxyl groups is 1. The van der Waals surface area contributed by atoms with Crippen molar-refractivity contribution in [3.05, 3.63) is 106 Å². The van der Waals surface area contributed by atoms with E-state index in [4.69, 9.17) is 11.6 Å². The van der Waals surface area contributed by atoms with E-state index >= 15 is 4.39 Å². The number of aromatic nitrogens is 3. The van der Waals surface area contributed by atoms with E-state index in [1.54, 1.807) is 30.0 Å². The molecule has 1 unspecified atom stereocenters. The molecule has 3 aromatic carbocycles. The zero-order valence-electron chi connectivity index (χ0n) is 36.5. The number of carbonyl (C=O) groups is 5. The summed E-state index contributed by atoms with van der Waals surface area (Å²) in [5.41, 5.74) is 4.57. The highest BCUT2D eigenvalue weighted by Gasteiger charge is 2.54. The molecule has 1 spiro atoms. The highest BCUT2D eigenvalue weighted by Crippen LogP contribution is 2.44. The first kappa shape index (κ1) is 43.2. The molecule has 67 heavy (non-hydrogen) atoms. The molecule has 2 aromatic heterocycles. The van der Waals surface area contributed by atoms with E-state index in [-0.39, 0.29) is 53.6 Å². The number of hydrogen-bond acceptors (Lipinski definition) is 12. The number of halogens is 2. The van der Waals surface area contributed by atoms with Crippen molar-refractivity contribution >= 4 is 74.7 Å². The molecule has 4 fully saturated rings. The van der Waals surface area contributed by atoms with Crippen LogP contribution in [0.2, 0.25) is 5.02 Å². The van der Waals surface area contributed by atoms with Gasteiger partial charge in [0.25, 0.3) is 11.8 Å². The summed E-state index contributed by atoms with van der Waals surface area (Å²) in [6, 6.07) is 14.9. The lowest BCUT2D eigenvalue weighted by Crippen LogP contribution is -2.73. The summed E-state index contributed by atoms with van der Waals surface area (Å²) in [4.78, 5) is 81.5. The van der Waals surface area contributed by atoms with Gasteiger partial charge in [0.1, 0.15) is 11.9 Å². The Balaban J connectivity index is 0.675. The average molecular weight is 947 g/mol.